The summed E-state index contributed by atoms with van der Waals surface area (Å²) in [5, 5.41) is 11.7. The summed E-state index contributed by atoms with van der Waals surface area (Å²) >= 11 is 0. The Morgan fingerprint density at radius 3 is 2.30 bits per heavy atom. The summed E-state index contributed by atoms with van der Waals surface area (Å²) in [5.74, 6) is 1.44. The zero-order chi connectivity index (χ0) is 15.0. The zero-order valence-electron chi connectivity index (χ0n) is 12.1. The van der Waals surface area contributed by atoms with Crippen LogP contribution in [0, 0.1) is 0 Å². The second-order valence-electron chi connectivity index (χ2n) is 4.11. The maximum Gasteiger partial charge on any atom is 0.219 e. The van der Waals surface area contributed by atoms with Crippen molar-refractivity contribution in [2.75, 3.05) is 27.9 Å². The number of methoxy groups -OCH3 is 2. The highest BCUT2D eigenvalue weighted by Gasteiger charge is 2.14. The molecule has 0 saturated heterocycles. The molecule has 112 valence electrons. The van der Waals surface area contributed by atoms with Gasteiger partial charge in [-0.3, -0.25) is 4.79 Å². The third-order valence-corrected chi connectivity index (χ3v) is 2.78. The molecule has 1 aromatic rings. The largest absolute Gasteiger partial charge is 0.493 e. The van der Waals surface area contributed by atoms with E-state index in [-0.39, 0.29) is 12.5 Å². The molecule has 0 aliphatic rings. The molecule has 0 aliphatic heterocycles. The van der Waals surface area contributed by atoms with Gasteiger partial charge in [0.1, 0.15) is 0 Å². The lowest BCUT2D eigenvalue weighted by molar-refractivity contribution is -0.120. The molecular weight excluding hydrogens is 262 g/mol. The number of ether oxygens (including phenoxy) is 3. The first-order valence-corrected chi connectivity index (χ1v) is 6.35. The molecule has 1 aromatic carbocycles. The average molecular weight is 283 g/mol. The minimum Gasteiger partial charge on any atom is -0.493 e. The Bertz CT molecular complexity index is 422. The summed E-state index contributed by atoms with van der Waals surface area (Å²) < 4.78 is 16.1. The minimum atomic E-state index is -0.107. The predicted molar refractivity (Wildman–Crippen MR) is 74.3 cm³/mol. The average Bonchev–Trinajstić information content (AvgIpc) is 2.50. The molecular formula is C14H21NO5. The highest BCUT2D eigenvalue weighted by atomic mass is 16.5. The Morgan fingerprint density at radius 2 is 1.85 bits per heavy atom. The third kappa shape index (κ3) is 4.31. The molecule has 0 bridgehead atoms. The van der Waals surface area contributed by atoms with Gasteiger partial charge in [-0.05, 0) is 24.1 Å². The van der Waals surface area contributed by atoms with Crippen LogP contribution >= 0.6 is 0 Å². The SMILES string of the molecule is CNC(=O)CCCOc1c(OC)cc(CO)cc1OC. The lowest BCUT2D eigenvalue weighted by atomic mass is 10.2. The molecule has 0 fully saturated rings. The van der Waals surface area contributed by atoms with Gasteiger partial charge in [0.25, 0.3) is 0 Å². The van der Waals surface area contributed by atoms with E-state index in [0.29, 0.717) is 42.3 Å². The van der Waals surface area contributed by atoms with Crippen LogP contribution in [-0.2, 0) is 11.4 Å². The van der Waals surface area contributed by atoms with Crippen molar-refractivity contribution in [1.29, 1.82) is 0 Å². The number of benzene rings is 1. The lowest BCUT2D eigenvalue weighted by Gasteiger charge is -2.15. The first-order chi connectivity index (χ1) is 9.65. The van der Waals surface area contributed by atoms with Crippen LogP contribution in [0.4, 0.5) is 0 Å². The third-order valence-electron chi connectivity index (χ3n) is 2.78. The molecule has 2 N–H and O–H groups in total. The van der Waals surface area contributed by atoms with Gasteiger partial charge in [0.05, 0.1) is 27.4 Å². The fourth-order valence-electron chi connectivity index (χ4n) is 1.70. The van der Waals surface area contributed by atoms with Crippen molar-refractivity contribution in [3.63, 3.8) is 0 Å². The van der Waals surface area contributed by atoms with Crippen molar-refractivity contribution in [3.05, 3.63) is 17.7 Å². The van der Waals surface area contributed by atoms with E-state index in [1.54, 1.807) is 19.2 Å². The molecule has 0 unspecified atom stereocenters. The van der Waals surface area contributed by atoms with Gasteiger partial charge in [-0.25, -0.2) is 0 Å². The number of aliphatic hydroxyl groups excluding tert-OH is 1. The van der Waals surface area contributed by atoms with E-state index in [2.05, 4.69) is 5.32 Å². The normalized spacial score (nSPS) is 10.0. The molecule has 6 nitrogen and oxygen atoms in total. The smallest absolute Gasteiger partial charge is 0.219 e. The molecule has 0 atom stereocenters. The van der Waals surface area contributed by atoms with Crippen LogP contribution in [0.15, 0.2) is 12.1 Å². The number of aliphatic hydroxyl groups is 1. The Hall–Kier alpha value is -1.95. The highest BCUT2D eigenvalue weighted by Crippen LogP contribution is 2.38. The summed E-state index contributed by atoms with van der Waals surface area (Å²) in [5.41, 5.74) is 0.677. The molecule has 1 rings (SSSR count). The molecule has 0 aromatic heterocycles. The van der Waals surface area contributed by atoms with Crippen molar-refractivity contribution in [1.82, 2.24) is 5.32 Å². The minimum absolute atomic E-state index is 0.0249. The molecule has 1 amide bonds. The fraction of sp³-hybridized carbons (Fsp3) is 0.500. The topological polar surface area (TPSA) is 77.0 Å². The molecule has 0 heterocycles. The van der Waals surface area contributed by atoms with Gasteiger partial charge < -0.3 is 24.6 Å². The molecule has 0 radical (unpaired) electrons. The number of rotatable bonds is 8. The Morgan fingerprint density at radius 1 is 1.25 bits per heavy atom. The lowest BCUT2D eigenvalue weighted by Crippen LogP contribution is -2.18. The molecule has 20 heavy (non-hydrogen) atoms. The summed E-state index contributed by atoms with van der Waals surface area (Å²) in [7, 11) is 4.64. The summed E-state index contributed by atoms with van der Waals surface area (Å²) in [6, 6.07) is 3.38. The van der Waals surface area contributed by atoms with Crippen molar-refractivity contribution in [2.45, 2.75) is 19.4 Å². The fourth-order valence-corrected chi connectivity index (χ4v) is 1.70. The predicted octanol–water partition coefficient (Wildman–Crippen LogP) is 1.10. The Balaban J connectivity index is 2.74. The van der Waals surface area contributed by atoms with E-state index in [9.17, 15) is 9.90 Å². The highest BCUT2D eigenvalue weighted by molar-refractivity contribution is 5.75. The zero-order valence-corrected chi connectivity index (χ0v) is 12.1. The summed E-state index contributed by atoms with van der Waals surface area (Å²) in [4.78, 5) is 11.1. The van der Waals surface area contributed by atoms with Gasteiger partial charge >= 0.3 is 0 Å². The maximum absolute atomic E-state index is 11.1. The van der Waals surface area contributed by atoms with E-state index >= 15 is 0 Å². The van der Waals surface area contributed by atoms with E-state index in [4.69, 9.17) is 14.2 Å². The molecule has 0 saturated carbocycles. The molecule has 0 aliphatic carbocycles. The van der Waals surface area contributed by atoms with Gasteiger partial charge in [0.2, 0.25) is 11.7 Å². The van der Waals surface area contributed by atoms with Crippen molar-refractivity contribution in [2.24, 2.45) is 0 Å². The number of nitrogens with one attached hydrogen (secondary N) is 1. The number of hydrogen-bond donors (Lipinski definition) is 2. The molecule has 0 spiro atoms. The van der Waals surface area contributed by atoms with E-state index in [1.165, 1.54) is 14.2 Å². The van der Waals surface area contributed by atoms with E-state index in [0.717, 1.165) is 0 Å². The van der Waals surface area contributed by atoms with Gasteiger partial charge in [-0.2, -0.15) is 0 Å². The Kier molecular flexibility index (Phi) is 6.66. The van der Waals surface area contributed by atoms with Crippen LogP contribution in [0.5, 0.6) is 17.2 Å². The number of hydrogen-bond acceptors (Lipinski definition) is 5. The first-order valence-electron chi connectivity index (χ1n) is 6.35. The number of carbonyl (C=O) groups excluding carboxylic acids is 1. The quantitative estimate of drug-likeness (QED) is 0.699. The standard InChI is InChI=1S/C14H21NO5/c1-15-13(17)5-4-6-20-14-11(18-2)7-10(9-16)8-12(14)19-3/h7-8,16H,4-6,9H2,1-3H3,(H,15,17). The second kappa shape index (κ2) is 8.27. The van der Waals surface area contributed by atoms with Crippen molar-refractivity contribution < 1.29 is 24.1 Å². The van der Waals surface area contributed by atoms with Crippen LogP contribution in [0.3, 0.4) is 0 Å². The number of carbonyl (C=O) groups is 1. The van der Waals surface area contributed by atoms with Crippen molar-refractivity contribution in [3.8, 4) is 17.2 Å². The van der Waals surface area contributed by atoms with E-state index in [1.807, 2.05) is 0 Å². The second-order valence-corrected chi connectivity index (χ2v) is 4.11. The van der Waals surface area contributed by atoms with Crippen LogP contribution in [0.25, 0.3) is 0 Å². The maximum atomic E-state index is 11.1. The number of amides is 1. The van der Waals surface area contributed by atoms with E-state index < -0.39 is 0 Å². The van der Waals surface area contributed by atoms with Crippen molar-refractivity contribution >= 4 is 5.91 Å². The monoisotopic (exact) mass is 283 g/mol. The van der Waals surface area contributed by atoms with Crippen LogP contribution in [0.1, 0.15) is 18.4 Å². The summed E-state index contributed by atoms with van der Waals surface area (Å²) in [6.07, 6.45) is 0.990. The van der Waals surface area contributed by atoms with Gasteiger partial charge in [0, 0.05) is 13.5 Å². The van der Waals surface area contributed by atoms with Crippen LogP contribution in [0.2, 0.25) is 0 Å². The Labute approximate surface area is 118 Å². The van der Waals surface area contributed by atoms with Crippen LogP contribution in [-0.4, -0.2) is 38.9 Å². The first kappa shape index (κ1) is 16.1. The molecule has 6 heteroatoms. The summed E-state index contributed by atoms with van der Waals surface area (Å²) in [6.45, 7) is 0.266. The van der Waals surface area contributed by atoms with Crippen LogP contribution < -0.4 is 19.5 Å². The van der Waals surface area contributed by atoms with Gasteiger partial charge in [0.15, 0.2) is 11.5 Å². The van der Waals surface area contributed by atoms with Gasteiger partial charge in [-0.1, -0.05) is 0 Å². The van der Waals surface area contributed by atoms with Gasteiger partial charge in [-0.15, -0.1) is 0 Å².